The van der Waals surface area contributed by atoms with Crippen molar-refractivity contribution in [1.29, 1.82) is 0 Å². The zero-order valence-corrected chi connectivity index (χ0v) is 14.0. The van der Waals surface area contributed by atoms with E-state index < -0.39 is 22.0 Å². The molecular formula is C13H14ClN3O3S2. The number of nitrogens with zero attached hydrogens (tertiary/aromatic N) is 1. The predicted octanol–water partition coefficient (Wildman–Crippen LogP) is 1.78. The number of thiophene rings is 1. The number of carbonyl (C=O) groups excluding carboxylic acids is 1. The molecule has 0 aliphatic carbocycles. The molecule has 2 aromatic heterocycles. The summed E-state index contributed by atoms with van der Waals surface area (Å²) in [6.07, 6.45) is 3.26. The molecule has 2 heterocycles. The first kappa shape index (κ1) is 16.9. The van der Waals surface area contributed by atoms with Gasteiger partial charge in [-0.1, -0.05) is 17.7 Å². The van der Waals surface area contributed by atoms with E-state index in [0.29, 0.717) is 4.34 Å². The van der Waals surface area contributed by atoms with Crippen molar-refractivity contribution in [3.63, 3.8) is 0 Å². The van der Waals surface area contributed by atoms with Crippen LogP contribution in [0.25, 0.3) is 0 Å². The van der Waals surface area contributed by atoms with E-state index in [4.69, 9.17) is 11.6 Å². The number of sulfonamides is 1. The van der Waals surface area contributed by atoms with Crippen LogP contribution in [0.4, 0.5) is 0 Å². The molecule has 6 nitrogen and oxygen atoms in total. The minimum Gasteiger partial charge on any atom is -0.351 e. The number of amides is 1. The highest BCUT2D eigenvalue weighted by atomic mass is 35.5. The van der Waals surface area contributed by atoms with E-state index in [1.54, 1.807) is 18.5 Å². The van der Waals surface area contributed by atoms with Crippen LogP contribution in [0.1, 0.15) is 12.5 Å². The van der Waals surface area contributed by atoms with Gasteiger partial charge in [-0.15, -0.1) is 11.3 Å². The van der Waals surface area contributed by atoms with Gasteiger partial charge in [0.1, 0.15) is 4.21 Å². The molecule has 0 fully saturated rings. The average molecular weight is 360 g/mol. The fraction of sp³-hybridized carbons (Fsp3) is 0.231. The highest BCUT2D eigenvalue weighted by Gasteiger charge is 2.23. The monoisotopic (exact) mass is 359 g/mol. The number of hydrogen-bond acceptors (Lipinski definition) is 5. The van der Waals surface area contributed by atoms with Crippen molar-refractivity contribution in [2.45, 2.75) is 23.7 Å². The Labute approximate surface area is 137 Å². The summed E-state index contributed by atoms with van der Waals surface area (Å²) >= 11 is 6.66. The second kappa shape index (κ2) is 7.19. The first-order valence-corrected chi connectivity index (χ1v) is 9.00. The lowest BCUT2D eigenvalue weighted by molar-refractivity contribution is -0.122. The van der Waals surface area contributed by atoms with Crippen LogP contribution in [-0.2, 0) is 21.4 Å². The topological polar surface area (TPSA) is 88.2 Å². The third-order valence-electron chi connectivity index (χ3n) is 2.73. The van der Waals surface area contributed by atoms with Crippen molar-refractivity contribution >= 4 is 38.9 Å². The van der Waals surface area contributed by atoms with Gasteiger partial charge in [-0.2, -0.15) is 4.72 Å². The molecule has 0 saturated carbocycles. The van der Waals surface area contributed by atoms with E-state index in [0.717, 1.165) is 16.9 Å². The van der Waals surface area contributed by atoms with Gasteiger partial charge >= 0.3 is 0 Å². The quantitative estimate of drug-likeness (QED) is 0.822. The first-order valence-electron chi connectivity index (χ1n) is 6.33. The maximum absolute atomic E-state index is 12.1. The number of pyridine rings is 1. The van der Waals surface area contributed by atoms with Crippen LogP contribution < -0.4 is 10.0 Å². The molecule has 22 heavy (non-hydrogen) atoms. The highest BCUT2D eigenvalue weighted by molar-refractivity contribution is 7.91. The molecular weight excluding hydrogens is 346 g/mol. The average Bonchev–Trinajstić information content (AvgIpc) is 2.93. The van der Waals surface area contributed by atoms with Crippen molar-refractivity contribution in [2.24, 2.45) is 0 Å². The van der Waals surface area contributed by atoms with Crippen LogP contribution in [0, 0.1) is 0 Å². The van der Waals surface area contributed by atoms with Crippen molar-refractivity contribution in [1.82, 2.24) is 15.0 Å². The smallest absolute Gasteiger partial charge is 0.250 e. The maximum Gasteiger partial charge on any atom is 0.250 e. The summed E-state index contributed by atoms with van der Waals surface area (Å²) in [5.74, 6) is -0.421. The molecule has 0 aliphatic rings. The Hall–Kier alpha value is -1.48. The SMILES string of the molecule is C[C@H](NS(=O)(=O)c1ccc(Cl)s1)C(=O)NCc1cccnc1. The normalized spacial score (nSPS) is 12.8. The van der Waals surface area contributed by atoms with E-state index in [1.807, 2.05) is 6.07 Å². The molecule has 0 saturated heterocycles. The van der Waals surface area contributed by atoms with Crippen LogP contribution in [-0.4, -0.2) is 25.4 Å². The molecule has 2 N–H and O–H groups in total. The standard InChI is InChI=1S/C13H14ClN3O3S2/c1-9(13(18)16-8-10-3-2-6-15-7-10)17-22(19,20)12-5-4-11(14)21-12/h2-7,9,17H,8H2,1H3,(H,16,18)/t9-/m0/s1. The fourth-order valence-electron chi connectivity index (χ4n) is 1.63. The molecule has 0 radical (unpaired) electrons. The molecule has 1 amide bonds. The Balaban J connectivity index is 1.93. The van der Waals surface area contributed by atoms with Gasteiger partial charge in [-0.05, 0) is 30.7 Å². The number of halogens is 1. The lowest BCUT2D eigenvalue weighted by Gasteiger charge is -2.13. The van der Waals surface area contributed by atoms with Gasteiger partial charge in [0, 0.05) is 18.9 Å². The highest BCUT2D eigenvalue weighted by Crippen LogP contribution is 2.25. The molecule has 2 rings (SSSR count). The molecule has 0 aliphatic heterocycles. The Morgan fingerprint density at radius 2 is 2.18 bits per heavy atom. The summed E-state index contributed by atoms with van der Waals surface area (Å²) in [5.41, 5.74) is 0.830. The van der Waals surface area contributed by atoms with Gasteiger partial charge in [-0.3, -0.25) is 9.78 Å². The Kier molecular flexibility index (Phi) is 5.52. The van der Waals surface area contributed by atoms with E-state index in [-0.39, 0.29) is 10.8 Å². The number of nitrogens with one attached hydrogen (secondary N) is 2. The summed E-state index contributed by atoms with van der Waals surface area (Å²) < 4.78 is 26.9. The number of carbonyl (C=O) groups is 1. The fourth-order valence-corrected chi connectivity index (χ4v) is 4.33. The van der Waals surface area contributed by atoms with Crippen LogP contribution in [0.15, 0.2) is 40.9 Å². The lowest BCUT2D eigenvalue weighted by atomic mass is 10.2. The van der Waals surface area contributed by atoms with Crippen molar-refractivity contribution in [3.8, 4) is 0 Å². The minimum absolute atomic E-state index is 0.0735. The number of hydrogen-bond donors (Lipinski definition) is 2. The van der Waals surface area contributed by atoms with Gasteiger partial charge in [-0.25, -0.2) is 8.42 Å². The molecule has 0 spiro atoms. The van der Waals surface area contributed by atoms with Crippen LogP contribution >= 0.6 is 22.9 Å². The van der Waals surface area contributed by atoms with Crippen LogP contribution in [0.5, 0.6) is 0 Å². The molecule has 0 unspecified atom stereocenters. The molecule has 2 aromatic rings. The lowest BCUT2D eigenvalue weighted by Crippen LogP contribution is -2.44. The summed E-state index contributed by atoms with van der Waals surface area (Å²) in [5, 5.41) is 2.65. The summed E-state index contributed by atoms with van der Waals surface area (Å²) in [6, 6.07) is 5.57. The van der Waals surface area contributed by atoms with E-state index >= 15 is 0 Å². The molecule has 118 valence electrons. The molecule has 9 heteroatoms. The largest absolute Gasteiger partial charge is 0.351 e. The van der Waals surface area contributed by atoms with Crippen LogP contribution in [0.2, 0.25) is 4.34 Å². The van der Waals surface area contributed by atoms with Gasteiger partial charge < -0.3 is 5.32 Å². The van der Waals surface area contributed by atoms with E-state index in [9.17, 15) is 13.2 Å². The number of aromatic nitrogens is 1. The first-order chi connectivity index (χ1) is 10.4. The summed E-state index contributed by atoms with van der Waals surface area (Å²) in [4.78, 5) is 15.9. The van der Waals surface area contributed by atoms with E-state index in [2.05, 4.69) is 15.0 Å². The van der Waals surface area contributed by atoms with Crippen molar-refractivity contribution in [2.75, 3.05) is 0 Å². The molecule has 0 bridgehead atoms. The zero-order chi connectivity index (χ0) is 16.2. The number of rotatable bonds is 6. The Morgan fingerprint density at radius 3 is 2.77 bits per heavy atom. The third-order valence-corrected chi connectivity index (χ3v) is 5.99. The van der Waals surface area contributed by atoms with Gasteiger partial charge in [0.05, 0.1) is 10.4 Å². The second-order valence-electron chi connectivity index (χ2n) is 4.48. The Bertz CT molecular complexity index is 747. The van der Waals surface area contributed by atoms with Gasteiger partial charge in [0.15, 0.2) is 0 Å². The maximum atomic E-state index is 12.1. The predicted molar refractivity (Wildman–Crippen MR) is 85.2 cm³/mol. The second-order valence-corrected chi connectivity index (χ2v) is 8.14. The zero-order valence-electron chi connectivity index (χ0n) is 11.6. The molecule has 0 aromatic carbocycles. The van der Waals surface area contributed by atoms with Crippen molar-refractivity contribution in [3.05, 3.63) is 46.6 Å². The third kappa shape index (κ3) is 4.51. The van der Waals surface area contributed by atoms with Gasteiger partial charge in [0.2, 0.25) is 5.91 Å². The molecule has 1 atom stereocenters. The Morgan fingerprint density at radius 1 is 1.41 bits per heavy atom. The summed E-state index contributed by atoms with van der Waals surface area (Å²) in [7, 11) is -3.76. The van der Waals surface area contributed by atoms with Gasteiger partial charge in [0.25, 0.3) is 10.0 Å². The van der Waals surface area contributed by atoms with Crippen molar-refractivity contribution < 1.29 is 13.2 Å². The van der Waals surface area contributed by atoms with E-state index in [1.165, 1.54) is 19.1 Å². The minimum atomic E-state index is -3.76. The van der Waals surface area contributed by atoms with Crippen LogP contribution in [0.3, 0.4) is 0 Å². The summed E-state index contributed by atoms with van der Waals surface area (Å²) in [6.45, 7) is 1.76.